The molecule has 2 unspecified atom stereocenters. The van der Waals surface area contributed by atoms with Crippen LogP contribution in [0.3, 0.4) is 0 Å². The molecule has 1 aliphatic heterocycles. The average molecular weight is 178 g/mol. The Bertz CT molecular complexity index is 172. The molecule has 1 fully saturated rings. The Morgan fingerprint density at radius 3 is 2.92 bits per heavy atom. The van der Waals surface area contributed by atoms with Crippen LogP contribution in [0, 0.1) is 0 Å². The van der Waals surface area contributed by atoms with Crippen molar-refractivity contribution < 1.29 is 18.3 Å². The van der Waals surface area contributed by atoms with Gasteiger partial charge in [0.25, 0.3) is 0 Å². The standard InChI is InChI=1S/C8H12F2O2/c1-2-4-11-5-3-8(10)7(9)6-12-8/h2,4,7H,3,5-6H2,1H3. The van der Waals surface area contributed by atoms with Crippen LogP contribution in [-0.4, -0.2) is 25.2 Å². The van der Waals surface area contributed by atoms with Crippen LogP contribution in [0.5, 0.6) is 0 Å². The SMILES string of the molecule is CC=COCCC1(F)OCC1F. The van der Waals surface area contributed by atoms with Crippen LogP contribution in [0.15, 0.2) is 12.3 Å². The van der Waals surface area contributed by atoms with Crippen molar-refractivity contribution >= 4 is 0 Å². The topological polar surface area (TPSA) is 18.5 Å². The van der Waals surface area contributed by atoms with Gasteiger partial charge < -0.3 is 9.47 Å². The van der Waals surface area contributed by atoms with Gasteiger partial charge in [0.15, 0.2) is 6.17 Å². The van der Waals surface area contributed by atoms with E-state index in [1.54, 1.807) is 13.0 Å². The Labute approximate surface area is 70.2 Å². The fourth-order valence-electron chi connectivity index (χ4n) is 0.918. The maximum absolute atomic E-state index is 13.0. The normalized spacial score (nSPS) is 35.1. The van der Waals surface area contributed by atoms with Gasteiger partial charge in [-0.25, -0.2) is 8.78 Å². The summed E-state index contributed by atoms with van der Waals surface area (Å²) in [7, 11) is 0. The van der Waals surface area contributed by atoms with Gasteiger partial charge in [-0.15, -0.1) is 0 Å². The van der Waals surface area contributed by atoms with Crippen molar-refractivity contribution in [1.29, 1.82) is 0 Å². The minimum atomic E-state index is -2.10. The van der Waals surface area contributed by atoms with E-state index >= 15 is 0 Å². The first-order valence-corrected chi connectivity index (χ1v) is 3.89. The predicted molar refractivity (Wildman–Crippen MR) is 40.1 cm³/mol. The minimum Gasteiger partial charge on any atom is -0.501 e. The molecular weight excluding hydrogens is 166 g/mol. The molecule has 0 radical (unpaired) electrons. The van der Waals surface area contributed by atoms with Gasteiger partial charge in [-0.3, -0.25) is 0 Å². The molecule has 1 aliphatic rings. The summed E-state index contributed by atoms with van der Waals surface area (Å²) in [6, 6.07) is 0. The van der Waals surface area contributed by atoms with Gasteiger partial charge in [-0.2, -0.15) is 0 Å². The summed E-state index contributed by atoms with van der Waals surface area (Å²) in [5, 5.41) is 0. The summed E-state index contributed by atoms with van der Waals surface area (Å²) in [6.07, 6.45) is 1.57. The number of rotatable bonds is 4. The van der Waals surface area contributed by atoms with E-state index in [0.717, 1.165) is 0 Å². The van der Waals surface area contributed by atoms with Gasteiger partial charge in [-0.05, 0) is 6.92 Å². The quantitative estimate of drug-likeness (QED) is 0.484. The van der Waals surface area contributed by atoms with Crippen molar-refractivity contribution in [1.82, 2.24) is 0 Å². The Hall–Kier alpha value is -0.640. The molecule has 0 aromatic heterocycles. The molecule has 0 N–H and O–H groups in total. The number of halogens is 2. The zero-order valence-corrected chi connectivity index (χ0v) is 6.93. The van der Waals surface area contributed by atoms with E-state index in [9.17, 15) is 8.78 Å². The summed E-state index contributed by atoms with van der Waals surface area (Å²) in [4.78, 5) is 0. The van der Waals surface area contributed by atoms with Crippen LogP contribution < -0.4 is 0 Å². The van der Waals surface area contributed by atoms with Crippen molar-refractivity contribution in [3.05, 3.63) is 12.3 Å². The van der Waals surface area contributed by atoms with Gasteiger partial charge in [0.2, 0.25) is 5.85 Å². The maximum atomic E-state index is 13.0. The summed E-state index contributed by atoms with van der Waals surface area (Å²) in [5.74, 6) is -2.10. The van der Waals surface area contributed by atoms with E-state index in [0.29, 0.717) is 0 Å². The fourth-order valence-corrected chi connectivity index (χ4v) is 0.918. The van der Waals surface area contributed by atoms with Crippen molar-refractivity contribution in [3.63, 3.8) is 0 Å². The lowest BCUT2D eigenvalue weighted by Gasteiger charge is -2.37. The summed E-state index contributed by atoms with van der Waals surface area (Å²) in [5.41, 5.74) is 0. The first-order valence-electron chi connectivity index (χ1n) is 3.89. The highest BCUT2D eigenvalue weighted by atomic mass is 19.2. The molecule has 0 saturated carbocycles. The molecule has 1 rings (SSSR count). The summed E-state index contributed by atoms with van der Waals surface area (Å²) < 4.78 is 34.8. The highest BCUT2D eigenvalue weighted by Crippen LogP contribution is 2.34. The Morgan fingerprint density at radius 2 is 2.50 bits per heavy atom. The second-order valence-electron chi connectivity index (χ2n) is 2.65. The molecule has 0 spiro atoms. The van der Waals surface area contributed by atoms with Crippen LogP contribution in [0.25, 0.3) is 0 Å². The average Bonchev–Trinajstić information content (AvgIpc) is 2.09. The lowest BCUT2D eigenvalue weighted by Crippen LogP contribution is -2.52. The van der Waals surface area contributed by atoms with Gasteiger partial charge in [0, 0.05) is 6.42 Å². The van der Waals surface area contributed by atoms with Crippen molar-refractivity contribution in [3.8, 4) is 0 Å². The Morgan fingerprint density at radius 1 is 1.75 bits per heavy atom. The molecule has 0 aromatic carbocycles. The molecule has 1 saturated heterocycles. The number of hydrogen-bond acceptors (Lipinski definition) is 2. The first-order chi connectivity index (χ1) is 5.69. The van der Waals surface area contributed by atoms with Crippen LogP contribution in [-0.2, 0) is 9.47 Å². The highest BCUT2D eigenvalue weighted by molar-refractivity contribution is 4.86. The van der Waals surface area contributed by atoms with E-state index in [2.05, 4.69) is 4.74 Å². The third-order valence-electron chi connectivity index (χ3n) is 1.73. The second kappa shape index (κ2) is 3.85. The third-order valence-corrected chi connectivity index (χ3v) is 1.73. The maximum Gasteiger partial charge on any atom is 0.246 e. The molecule has 2 atom stereocenters. The lowest BCUT2D eigenvalue weighted by molar-refractivity contribution is -0.289. The Kier molecular flexibility index (Phi) is 3.03. The van der Waals surface area contributed by atoms with Gasteiger partial charge >= 0.3 is 0 Å². The van der Waals surface area contributed by atoms with Crippen LogP contribution >= 0.6 is 0 Å². The van der Waals surface area contributed by atoms with E-state index in [1.807, 2.05) is 0 Å². The minimum absolute atomic E-state index is 0.0570. The second-order valence-corrected chi connectivity index (χ2v) is 2.65. The van der Waals surface area contributed by atoms with Crippen LogP contribution in [0.1, 0.15) is 13.3 Å². The van der Waals surface area contributed by atoms with Gasteiger partial charge in [0.1, 0.15) is 0 Å². The van der Waals surface area contributed by atoms with Gasteiger partial charge in [0.05, 0.1) is 19.5 Å². The van der Waals surface area contributed by atoms with Crippen LogP contribution in [0.2, 0.25) is 0 Å². The number of ether oxygens (including phenoxy) is 2. The van der Waals surface area contributed by atoms with Crippen molar-refractivity contribution in [2.75, 3.05) is 13.2 Å². The zero-order chi connectivity index (χ0) is 9.03. The zero-order valence-electron chi connectivity index (χ0n) is 6.93. The molecule has 0 amide bonds. The molecule has 70 valence electrons. The van der Waals surface area contributed by atoms with Crippen molar-refractivity contribution in [2.45, 2.75) is 25.4 Å². The van der Waals surface area contributed by atoms with E-state index in [1.165, 1.54) is 6.26 Å². The molecule has 2 nitrogen and oxygen atoms in total. The molecule has 0 bridgehead atoms. The number of allylic oxidation sites excluding steroid dienone is 1. The molecule has 4 heteroatoms. The molecule has 0 aliphatic carbocycles. The lowest BCUT2D eigenvalue weighted by atomic mass is 10.1. The molecule has 1 heterocycles. The largest absolute Gasteiger partial charge is 0.501 e. The number of alkyl halides is 2. The third kappa shape index (κ3) is 1.94. The van der Waals surface area contributed by atoms with E-state index < -0.39 is 12.0 Å². The molecule has 12 heavy (non-hydrogen) atoms. The van der Waals surface area contributed by atoms with Gasteiger partial charge in [-0.1, -0.05) is 6.08 Å². The fraction of sp³-hybridized carbons (Fsp3) is 0.750. The Balaban J connectivity index is 2.14. The molecular formula is C8H12F2O2. The van der Waals surface area contributed by atoms with Crippen LogP contribution in [0.4, 0.5) is 8.78 Å². The van der Waals surface area contributed by atoms with E-state index in [4.69, 9.17) is 4.74 Å². The summed E-state index contributed by atoms with van der Waals surface area (Å²) >= 11 is 0. The smallest absolute Gasteiger partial charge is 0.246 e. The number of hydrogen-bond donors (Lipinski definition) is 0. The monoisotopic (exact) mass is 178 g/mol. The summed E-state index contributed by atoms with van der Waals surface area (Å²) in [6.45, 7) is 1.78. The first kappa shape index (κ1) is 9.45. The van der Waals surface area contributed by atoms with Crippen molar-refractivity contribution in [2.24, 2.45) is 0 Å². The van der Waals surface area contributed by atoms with E-state index in [-0.39, 0.29) is 19.6 Å². The predicted octanol–water partition coefficient (Wildman–Crippen LogP) is 1.96. The highest BCUT2D eigenvalue weighted by Gasteiger charge is 2.49. The molecule has 0 aromatic rings.